The Morgan fingerprint density at radius 1 is 1.09 bits per heavy atom. The normalized spacial score (nSPS) is 11.3. The van der Waals surface area contributed by atoms with Gasteiger partial charge in [-0.1, -0.05) is 0 Å². The smallest absolute Gasteiger partial charge is 0.155 e. The number of hydrogen-bond donors (Lipinski definition) is 1. The van der Waals surface area contributed by atoms with Crippen molar-refractivity contribution in [2.45, 2.75) is 40.8 Å². The number of nitrogens with zero attached hydrogens (tertiary/aromatic N) is 6. The lowest BCUT2D eigenvalue weighted by molar-refractivity contribution is 0.633. The van der Waals surface area contributed by atoms with Crippen molar-refractivity contribution in [1.82, 2.24) is 29.5 Å². The summed E-state index contributed by atoms with van der Waals surface area (Å²) >= 11 is 0. The maximum absolute atomic E-state index is 4.55. The largest absolute Gasteiger partial charge is 0.364 e. The fraction of sp³-hybridized carbons (Fsp3) is 0.467. The number of nitrogens with one attached hydrogen (secondary N) is 1. The molecule has 0 fully saturated rings. The third kappa shape index (κ3) is 2.22. The molecule has 22 heavy (non-hydrogen) atoms. The van der Waals surface area contributed by atoms with Crippen molar-refractivity contribution in [2.24, 2.45) is 7.05 Å². The molecule has 0 atom stereocenters. The Bertz CT molecular complexity index is 828. The summed E-state index contributed by atoms with van der Waals surface area (Å²) in [7, 11) is 1.91. The molecule has 3 rings (SSSR count). The van der Waals surface area contributed by atoms with Gasteiger partial charge in [0.15, 0.2) is 5.82 Å². The maximum atomic E-state index is 4.55. The number of aryl methyl sites for hydroxylation is 4. The van der Waals surface area contributed by atoms with Gasteiger partial charge in [0.05, 0.1) is 11.4 Å². The van der Waals surface area contributed by atoms with Crippen LogP contribution in [0.4, 0.5) is 5.82 Å². The van der Waals surface area contributed by atoms with Crippen molar-refractivity contribution in [3.05, 3.63) is 29.0 Å². The standard InChI is InChI=1S/C15H21N7/c1-6-22-11(4)12(9(2)20-22)7-16-15-14-13(17-8-18-15)10(3)19-21(14)5/h8H,6-7H2,1-5H3,(H,16,17,18). The van der Waals surface area contributed by atoms with Gasteiger partial charge < -0.3 is 5.32 Å². The van der Waals surface area contributed by atoms with Crippen molar-refractivity contribution >= 4 is 16.9 Å². The molecule has 0 radical (unpaired) electrons. The SMILES string of the molecule is CCn1nc(C)c(CNc2ncnc3c(C)nn(C)c23)c1C. The Balaban J connectivity index is 1.93. The van der Waals surface area contributed by atoms with E-state index in [-0.39, 0.29) is 0 Å². The van der Waals surface area contributed by atoms with Gasteiger partial charge in [0.2, 0.25) is 0 Å². The minimum atomic E-state index is 0.688. The van der Waals surface area contributed by atoms with E-state index >= 15 is 0 Å². The van der Waals surface area contributed by atoms with Crippen LogP contribution < -0.4 is 5.32 Å². The maximum Gasteiger partial charge on any atom is 0.155 e. The zero-order valence-electron chi connectivity index (χ0n) is 13.7. The topological polar surface area (TPSA) is 73.5 Å². The van der Waals surface area contributed by atoms with Gasteiger partial charge in [-0.3, -0.25) is 9.36 Å². The Morgan fingerprint density at radius 3 is 2.55 bits per heavy atom. The highest BCUT2D eigenvalue weighted by Gasteiger charge is 2.14. The molecule has 0 unspecified atom stereocenters. The molecule has 1 N–H and O–H groups in total. The lowest BCUT2D eigenvalue weighted by Gasteiger charge is -2.08. The zero-order valence-corrected chi connectivity index (χ0v) is 13.7. The van der Waals surface area contributed by atoms with Crippen LogP contribution in [-0.2, 0) is 20.1 Å². The third-order valence-corrected chi connectivity index (χ3v) is 4.05. The first-order valence-electron chi connectivity index (χ1n) is 7.44. The van der Waals surface area contributed by atoms with Crippen LogP contribution in [0.3, 0.4) is 0 Å². The minimum absolute atomic E-state index is 0.688. The molecule has 0 spiro atoms. The zero-order chi connectivity index (χ0) is 15.9. The minimum Gasteiger partial charge on any atom is -0.364 e. The Labute approximate surface area is 129 Å². The quantitative estimate of drug-likeness (QED) is 0.799. The molecule has 0 aliphatic carbocycles. The first kappa shape index (κ1) is 14.5. The molecule has 116 valence electrons. The molecule has 0 aromatic carbocycles. The van der Waals surface area contributed by atoms with E-state index in [9.17, 15) is 0 Å². The van der Waals surface area contributed by atoms with Crippen LogP contribution in [0.5, 0.6) is 0 Å². The van der Waals surface area contributed by atoms with Gasteiger partial charge in [-0.2, -0.15) is 10.2 Å². The highest BCUT2D eigenvalue weighted by Crippen LogP contribution is 2.22. The molecule has 3 heterocycles. The van der Waals surface area contributed by atoms with E-state index in [1.54, 1.807) is 6.33 Å². The highest BCUT2D eigenvalue weighted by atomic mass is 15.3. The van der Waals surface area contributed by atoms with Gasteiger partial charge in [-0.25, -0.2) is 9.97 Å². The van der Waals surface area contributed by atoms with Crippen molar-refractivity contribution in [1.29, 1.82) is 0 Å². The summed E-state index contributed by atoms with van der Waals surface area (Å²) in [4.78, 5) is 8.69. The van der Waals surface area contributed by atoms with Gasteiger partial charge in [-0.15, -0.1) is 0 Å². The van der Waals surface area contributed by atoms with E-state index in [4.69, 9.17) is 0 Å². The summed E-state index contributed by atoms with van der Waals surface area (Å²) in [6, 6.07) is 0. The van der Waals surface area contributed by atoms with Crippen LogP contribution in [-0.4, -0.2) is 29.5 Å². The van der Waals surface area contributed by atoms with Gasteiger partial charge in [0, 0.05) is 31.4 Å². The predicted molar refractivity (Wildman–Crippen MR) is 85.7 cm³/mol. The fourth-order valence-corrected chi connectivity index (χ4v) is 2.87. The Kier molecular flexibility index (Phi) is 3.56. The monoisotopic (exact) mass is 299 g/mol. The van der Waals surface area contributed by atoms with E-state index < -0.39 is 0 Å². The van der Waals surface area contributed by atoms with Crippen LogP contribution in [0.25, 0.3) is 11.0 Å². The van der Waals surface area contributed by atoms with Crippen molar-refractivity contribution in [2.75, 3.05) is 5.32 Å². The number of rotatable bonds is 4. The van der Waals surface area contributed by atoms with Crippen LogP contribution >= 0.6 is 0 Å². The molecule has 7 heteroatoms. The van der Waals surface area contributed by atoms with Crippen molar-refractivity contribution < 1.29 is 0 Å². The molecular weight excluding hydrogens is 278 g/mol. The van der Waals surface area contributed by atoms with Gasteiger partial charge >= 0.3 is 0 Å². The Morgan fingerprint density at radius 2 is 1.86 bits per heavy atom. The molecule has 0 saturated heterocycles. The van der Waals surface area contributed by atoms with Gasteiger partial charge in [-0.05, 0) is 27.7 Å². The molecule has 7 nitrogen and oxygen atoms in total. The highest BCUT2D eigenvalue weighted by molar-refractivity contribution is 5.87. The van der Waals surface area contributed by atoms with E-state index in [0.717, 1.165) is 34.8 Å². The predicted octanol–water partition coefficient (Wildman–Crippen LogP) is 2.12. The fourth-order valence-electron chi connectivity index (χ4n) is 2.87. The van der Waals surface area contributed by atoms with Crippen LogP contribution in [0, 0.1) is 20.8 Å². The Hall–Kier alpha value is -2.44. The second-order valence-corrected chi connectivity index (χ2v) is 5.45. The molecule has 0 saturated carbocycles. The van der Waals surface area contributed by atoms with E-state index in [2.05, 4.69) is 39.3 Å². The lowest BCUT2D eigenvalue weighted by atomic mass is 10.2. The van der Waals surface area contributed by atoms with Crippen molar-refractivity contribution in [3.63, 3.8) is 0 Å². The number of hydrogen-bond acceptors (Lipinski definition) is 5. The summed E-state index contributed by atoms with van der Waals surface area (Å²) in [6.07, 6.45) is 1.58. The van der Waals surface area contributed by atoms with Crippen LogP contribution in [0.15, 0.2) is 6.33 Å². The number of fused-ring (bicyclic) bond motifs is 1. The molecule has 3 aromatic heterocycles. The molecule has 0 aliphatic rings. The summed E-state index contributed by atoms with van der Waals surface area (Å²) in [5, 5.41) is 12.4. The average molecular weight is 299 g/mol. The van der Waals surface area contributed by atoms with Crippen LogP contribution in [0.2, 0.25) is 0 Å². The summed E-state index contributed by atoms with van der Waals surface area (Å²) in [6.45, 7) is 9.77. The third-order valence-electron chi connectivity index (χ3n) is 4.05. The first-order valence-corrected chi connectivity index (χ1v) is 7.44. The molecule has 0 amide bonds. The first-order chi connectivity index (χ1) is 10.5. The summed E-state index contributed by atoms with van der Waals surface area (Å²) in [5.74, 6) is 0.802. The van der Waals surface area contributed by atoms with E-state index in [1.807, 2.05) is 30.3 Å². The van der Waals surface area contributed by atoms with E-state index in [1.165, 1.54) is 11.3 Å². The molecular formula is C15H21N7. The molecule has 0 aliphatic heterocycles. The van der Waals surface area contributed by atoms with Gasteiger partial charge in [0.1, 0.15) is 17.4 Å². The molecule has 3 aromatic rings. The summed E-state index contributed by atoms with van der Waals surface area (Å²) < 4.78 is 3.85. The average Bonchev–Trinajstić information content (AvgIpc) is 2.94. The number of aromatic nitrogens is 6. The lowest BCUT2D eigenvalue weighted by Crippen LogP contribution is -2.06. The van der Waals surface area contributed by atoms with E-state index in [0.29, 0.717) is 6.54 Å². The molecule has 0 bridgehead atoms. The van der Waals surface area contributed by atoms with Gasteiger partial charge in [0.25, 0.3) is 0 Å². The van der Waals surface area contributed by atoms with Crippen LogP contribution in [0.1, 0.15) is 29.6 Å². The second kappa shape index (κ2) is 5.40. The summed E-state index contributed by atoms with van der Waals surface area (Å²) in [5.41, 5.74) is 6.19. The van der Waals surface area contributed by atoms with Crippen molar-refractivity contribution in [3.8, 4) is 0 Å². The second-order valence-electron chi connectivity index (χ2n) is 5.45. The number of anilines is 1.